The van der Waals surface area contributed by atoms with Gasteiger partial charge in [-0.3, -0.25) is 4.79 Å². The van der Waals surface area contributed by atoms with Crippen LogP contribution < -0.4 is 5.32 Å². The molecule has 31 heavy (non-hydrogen) atoms. The first-order valence-electron chi connectivity index (χ1n) is 10.5. The maximum Gasteiger partial charge on any atom is 0.252 e. The van der Waals surface area contributed by atoms with Crippen LogP contribution in [0.4, 0.5) is 4.39 Å². The van der Waals surface area contributed by atoms with Crippen LogP contribution in [0.2, 0.25) is 0 Å². The zero-order valence-corrected chi connectivity index (χ0v) is 19.6. The van der Waals surface area contributed by atoms with Crippen molar-refractivity contribution in [1.29, 1.82) is 0 Å². The van der Waals surface area contributed by atoms with Gasteiger partial charge in [-0.05, 0) is 55.3 Å². The number of hydrogen-bond donors (Lipinski definition) is 1. The summed E-state index contributed by atoms with van der Waals surface area (Å²) < 4.78 is 40.1. The number of sulfonamides is 1. The van der Waals surface area contributed by atoms with E-state index >= 15 is 0 Å². The Morgan fingerprint density at radius 3 is 2.39 bits per heavy atom. The molecule has 1 aliphatic heterocycles. The minimum atomic E-state index is -3.27. The first-order chi connectivity index (χ1) is 14.8. The van der Waals surface area contributed by atoms with Crippen molar-refractivity contribution in [2.75, 3.05) is 31.6 Å². The molecule has 0 unspecified atom stereocenters. The molecule has 1 heterocycles. The summed E-state index contributed by atoms with van der Waals surface area (Å²) in [4.78, 5) is 13.8. The molecule has 168 valence electrons. The normalized spacial score (nSPS) is 16.7. The molecule has 2 aromatic rings. The highest BCUT2D eigenvalue weighted by Crippen LogP contribution is 2.36. The highest BCUT2D eigenvalue weighted by molar-refractivity contribution is 7.98. The Morgan fingerprint density at radius 2 is 1.77 bits per heavy atom. The molecule has 0 spiro atoms. The van der Waals surface area contributed by atoms with E-state index in [-0.39, 0.29) is 17.5 Å². The molecule has 0 atom stereocenters. The average molecular weight is 465 g/mol. The van der Waals surface area contributed by atoms with Crippen molar-refractivity contribution in [1.82, 2.24) is 9.62 Å². The molecule has 1 amide bonds. The monoisotopic (exact) mass is 464 g/mol. The van der Waals surface area contributed by atoms with Crippen LogP contribution in [-0.2, 0) is 15.4 Å². The van der Waals surface area contributed by atoms with Gasteiger partial charge in [0.05, 0.1) is 11.3 Å². The lowest BCUT2D eigenvalue weighted by Crippen LogP contribution is -2.50. The van der Waals surface area contributed by atoms with Gasteiger partial charge in [-0.15, -0.1) is 11.8 Å². The minimum absolute atomic E-state index is 0.138. The van der Waals surface area contributed by atoms with Gasteiger partial charge in [0.2, 0.25) is 10.0 Å². The number of nitrogens with one attached hydrogen (secondary N) is 1. The summed E-state index contributed by atoms with van der Waals surface area (Å²) >= 11 is 1.51. The summed E-state index contributed by atoms with van der Waals surface area (Å²) in [7, 11) is -3.27. The molecule has 0 bridgehead atoms. The van der Waals surface area contributed by atoms with Gasteiger partial charge in [0.15, 0.2) is 0 Å². The Bertz CT molecular complexity index is 1000. The molecule has 1 saturated heterocycles. The number of thioether (sulfide) groups is 1. The molecule has 2 aromatic carbocycles. The second-order valence-corrected chi connectivity index (χ2v) is 10.8. The molecular weight excluding hydrogens is 435 g/mol. The smallest absolute Gasteiger partial charge is 0.252 e. The number of halogens is 1. The summed E-state index contributed by atoms with van der Waals surface area (Å²) in [5.74, 6) is -0.342. The van der Waals surface area contributed by atoms with E-state index in [1.807, 2.05) is 31.4 Å². The van der Waals surface area contributed by atoms with Gasteiger partial charge in [0.25, 0.3) is 5.91 Å². The van der Waals surface area contributed by atoms with E-state index in [0.29, 0.717) is 44.5 Å². The van der Waals surface area contributed by atoms with Crippen molar-refractivity contribution in [2.45, 2.75) is 36.5 Å². The van der Waals surface area contributed by atoms with Gasteiger partial charge in [-0.1, -0.05) is 31.2 Å². The summed E-state index contributed by atoms with van der Waals surface area (Å²) in [5, 5.41) is 3.06. The lowest BCUT2D eigenvalue weighted by Gasteiger charge is -2.42. The third-order valence-corrected chi connectivity index (χ3v) is 8.80. The fraction of sp³-hybridized carbons (Fsp3) is 0.435. The van der Waals surface area contributed by atoms with Crippen molar-refractivity contribution >= 4 is 27.7 Å². The predicted octanol–water partition coefficient (Wildman–Crippen LogP) is 4.05. The molecule has 1 N–H and O–H groups in total. The fourth-order valence-electron chi connectivity index (χ4n) is 4.13. The zero-order chi connectivity index (χ0) is 22.5. The lowest BCUT2D eigenvalue weighted by molar-refractivity contribution is 0.0930. The maximum absolute atomic E-state index is 13.5. The molecule has 0 aliphatic carbocycles. The van der Waals surface area contributed by atoms with Crippen LogP contribution in [0.1, 0.15) is 42.1 Å². The summed E-state index contributed by atoms with van der Waals surface area (Å²) in [6.07, 6.45) is 3.63. The van der Waals surface area contributed by atoms with Crippen LogP contribution >= 0.6 is 11.8 Å². The molecule has 3 rings (SSSR count). The largest absolute Gasteiger partial charge is 0.351 e. The molecule has 0 aromatic heterocycles. The van der Waals surface area contributed by atoms with Gasteiger partial charge in [0.1, 0.15) is 5.82 Å². The summed E-state index contributed by atoms with van der Waals surface area (Å²) in [6, 6.07) is 13.8. The molecule has 8 heteroatoms. The number of benzene rings is 2. The van der Waals surface area contributed by atoms with Gasteiger partial charge >= 0.3 is 0 Å². The second-order valence-electron chi connectivity index (χ2n) is 7.89. The second kappa shape index (κ2) is 10.1. The predicted molar refractivity (Wildman–Crippen MR) is 124 cm³/mol. The number of piperidine rings is 1. The zero-order valence-electron chi connectivity index (χ0n) is 17.9. The number of carbonyl (C=O) groups excluding carboxylic acids is 1. The highest BCUT2D eigenvalue weighted by Gasteiger charge is 2.39. The van der Waals surface area contributed by atoms with Crippen molar-refractivity contribution in [3.63, 3.8) is 0 Å². The third kappa shape index (κ3) is 5.48. The third-order valence-electron chi connectivity index (χ3n) is 5.93. The van der Waals surface area contributed by atoms with E-state index in [1.165, 1.54) is 23.9 Å². The van der Waals surface area contributed by atoms with E-state index in [2.05, 4.69) is 5.32 Å². The number of rotatable bonds is 8. The van der Waals surface area contributed by atoms with E-state index in [0.717, 1.165) is 10.5 Å². The van der Waals surface area contributed by atoms with E-state index < -0.39 is 15.4 Å². The Labute approximate surface area is 188 Å². The first-order valence-corrected chi connectivity index (χ1v) is 13.3. The first kappa shape index (κ1) is 23.8. The number of amides is 1. The molecule has 1 aliphatic rings. The minimum Gasteiger partial charge on any atom is -0.351 e. The molecular formula is C23H29FN2O3S2. The van der Waals surface area contributed by atoms with Crippen LogP contribution in [0.3, 0.4) is 0 Å². The topological polar surface area (TPSA) is 66.5 Å². The van der Waals surface area contributed by atoms with Crippen LogP contribution in [-0.4, -0.2) is 50.3 Å². The molecule has 0 saturated carbocycles. The van der Waals surface area contributed by atoms with Crippen LogP contribution in [0.25, 0.3) is 0 Å². The summed E-state index contributed by atoms with van der Waals surface area (Å²) in [5.41, 5.74) is 1.09. The Morgan fingerprint density at radius 1 is 1.13 bits per heavy atom. The van der Waals surface area contributed by atoms with E-state index in [4.69, 9.17) is 0 Å². The van der Waals surface area contributed by atoms with Gasteiger partial charge in [0, 0.05) is 29.9 Å². The van der Waals surface area contributed by atoms with Crippen LogP contribution in [0, 0.1) is 5.82 Å². The maximum atomic E-state index is 13.5. The quantitative estimate of drug-likeness (QED) is 0.599. The average Bonchev–Trinajstić information content (AvgIpc) is 2.78. The fourth-order valence-corrected chi connectivity index (χ4v) is 6.24. The van der Waals surface area contributed by atoms with Crippen LogP contribution in [0.15, 0.2) is 53.4 Å². The Kier molecular flexibility index (Phi) is 7.78. The van der Waals surface area contributed by atoms with Gasteiger partial charge < -0.3 is 5.32 Å². The SMILES string of the molecule is CCCS(=O)(=O)N1CCC(CNC(=O)c2ccccc2SC)(c2ccc(F)cc2)CC1. The highest BCUT2D eigenvalue weighted by atomic mass is 32.2. The van der Waals surface area contributed by atoms with Crippen molar-refractivity contribution < 1.29 is 17.6 Å². The van der Waals surface area contributed by atoms with Gasteiger partial charge in [-0.2, -0.15) is 0 Å². The number of nitrogens with zero attached hydrogens (tertiary/aromatic N) is 1. The standard InChI is InChI=1S/C23H29FN2O3S2/c1-3-16-31(28,29)26-14-12-23(13-15-26,18-8-10-19(24)11-9-18)17-25-22(27)20-6-4-5-7-21(20)30-2/h4-11H,3,12-17H2,1-2H3,(H,25,27). The molecule has 1 fully saturated rings. The summed E-state index contributed by atoms with van der Waals surface area (Å²) in [6.45, 7) is 2.99. The molecule has 0 radical (unpaired) electrons. The van der Waals surface area contributed by atoms with Crippen molar-refractivity contribution in [2.24, 2.45) is 0 Å². The van der Waals surface area contributed by atoms with E-state index in [1.54, 1.807) is 22.5 Å². The van der Waals surface area contributed by atoms with Crippen molar-refractivity contribution in [3.8, 4) is 0 Å². The lowest BCUT2D eigenvalue weighted by atomic mass is 9.73. The van der Waals surface area contributed by atoms with Crippen molar-refractivity contribution in [3.05, 3.63) is 65.5 Å². The molecule has 5 nitrogen and oxygen atoms in total. The number of hydrogen-bond acceptors (Lipinski definition) is 4. The van der Waals surface area contributed by atoms with E-state index in [9.17, 15) is 17.6 Å². The Hall–Kier alpha value is -1.90. The number of carbonyl (C=O) groups is 1. The van der Waals surface area contributed by atoms with Gasteiger partial charge in [-0.25, -0.2) is 17.1 Å². The Balaban J connectivity index is 1.81. The van der Waals surface area contributed by atoms with Crippen LogP contribution in [0.5, 0.6) is 0 Å².